The van der Waals surface area contributed by atoms with Crippen LogP contribution in [-0.2, 0) is 10.0 Å². The Morgan fingerprint density at radius 3 is 2.55 bits per heavy atom. The summed E-state index contributed by atoms with van der Waals surface area (Å²) in [4.78, 5) is 40.4. The predicted octanol–water partition coefficient (Wildman–Crippen LogP) is 2.43. The van der Waals surface area contributed by atoms with Gasteiger partial charge < -0.3 is 11.1 Å². The number of anilines is 1. The minimum Gasteiger partial charge on any atom is -0.383 e. The van der Waals surface area contributed by atoms with Crippen molar-refractivity contribution in [1.82, 2.24) is 34.0 Å². The molecule has 0 spiro atoms. The van der Waals surface area contributed by atoms with Crippen LogP contribution in [0.15, 0.2) is 72.0 Å². The Hall–Kier alpha value is -5.06. The lowest BCUT2D eigenvalue weighted by atomic mass is 10.1. The van der Waals surface area contributed by atoms with E-state index < -0.39 is 27.5 Å². The molecule has 0 aliphatic heterocycles. The smallest absolute Gasteiger partial charge is 0.267 e. The number of carbonyl (C=O) groups is 1. The Morgan fingerprint density at radius 2 is 1.83 bits per heavy atom. The number of nitrogen functional groups attached to an aromatic ring is 1. The van der Waals surface area contributed by atoms with Gasteiger partial charge in [0.1, 0.15) is 23.5 Å². The van der Waals surface area contributed by atoms with E-state index in [0.717, 1.165) is 6.26 Å². The first-order valence-corrected chi connectivity index (χ1v) is 15.0. The molecule has 0 saturated heterocycles. The standard InChI is InChI=1S/C27H24N8O4S.C2H6/c1-17(32-26(36)22-23(28)30-16-34-15-14-29-25(22)34)24-33-20-12-6-8-18(9-7-13-31-40(2,38)39)21(20)27(37)35(24)19-10-4-3-5-11-19;1-2/h3-6,8,10-12,14-17,31H,13,28H2,1-2H3,(H,32,36);1-2H3. The number of fused-ring (bicyclic) bond motifs is 2. The van der Waals surface area contributed by atoms with Crippen LogP contribution in [0.3, 0.4) is 0 Å². The highest BCUT2D eigenvalue weighted by Crippen LogP contribution is 2.22. The molecule has 0 saturated carbocycles. The van der Waals surface area contributed by atoms with Gasteiger partial charge >= 0.3 is 0 Å². The Labute approximate surface area is 242 Å². The number of hydrogen-bond acceptors (Lipinski definition) is 8. The van der Waals surface area contributed by atoms with Gasteiger partial charge in [0.05, 0.1) is 35.4 Å². The van der Waals surface area contributed by atoms with E-state index >= 15 is 0 Å². The van der Waals surface area contributed by atoms with Crippen molar-refractivity contribution in [2.45, 2.75) is 26.8 Å². The molecule has 5 rings (SSSR count). The van der Waals surface area contributed by atoms with Crippen molar-refractivity contribution in [3.05, 3.63) is 94.6 Å². The lowest BCUT2D eigenvalue weighted by Gasteiger charge is -2.20. The first-order valence-electron chi connectivity index (χ1n) is 13.1. The third-order valence-electron chi connectivity index (χ3n) is 6.02. The SMILES string of the molecule is CC.CC(NC(=O)c1c(N)ncn2ccnc12)c1nc2cccc(C#CCNS(C)(=O)=O)c2c(=O)n1-c1ccccc1. The summed E-state index contributed by atoms with van der Waals surface area (Å²) in [7, 11) is -3.41. The van der Waals surface area contributed by atoms with Gasteiger partial charge in [0.15, 0.2) is 5.65 Å². The Morgan fingerprint density at radius 1 is 1.10 bits per heavy atom. The molecule has 13 heteroatoms. The molecule has 0 aliphatic rings. The number of nitrogens with one attached hydrogen (secondary N) is 2. The van der Waals surface area contributed by atoms with Crippen LogP contribution in [0.1, 0.15) is 48.6 Å². The predicted molar refractivity (Wildman–Crippen MR) is 162 cm³/mol. The van der Waals surface area contributed by atoms with E-state index in [1.807, 2.05) is 19.9 Å². The van der Waals surface area contributed by atoms with Crippen LogP contribution in [-0.4, -0.2) is 51.0 Å². The van der Waals surface area contributed by atoms with Crippen molar-refractivity contribution in [2.75, 3.05) is 18.5 Å². The molecule has 1 amide bonds. The minimum atomic E-state index is -3.41. The second kappa shape index (κ2) is 12.6. The number of para-hydroxylation sites is 1. The van der Waals surface area contributed by atoms with Crippen LogP contribution in [0.2, 0.25) is 0 Å². The molecule has 1 unspecified atom stereocenters. The van der Waals surface area contributed by atoms with Gasteiger partial charge in [-0.3, -0.25) is 18.6 Å². The maximum atomic E-state index is 14.0. The number of imidazole rings is 1. The fourth-order valence-electron chi connectivity index (χ4n) is 4.23. The summed E-state index contributed by atoms with van der Waals surface area (Å²) in [5.41, 5.74) is 7.37. The maximum Gasteiger partial charge on any atom is 0.267 e. The number of nitrogens with zero attached hydrogens (tertiary/aromatic N) is 5. The van der Waals surface area contributed by atoms with Crippen LogP contribution in [0, 0.1) is 11.8 Å². The topological polar surface area (TPSA) is 166 Å². The molecule has 2 aromatic carbocycles. The van der Waals surface area contributed by atoms with Crippen molar-refractivity contribution in [3.8, 4) is 17.5 Å². The zero-order valence-corrected chi connectivity index (χ0v) is 24.3. The van der Waals surface area contributed by atoms with E-state index in [9.17, 15) is 18.0 Å². The second-order valence-corrected chi connectivity index (χ2v) is 10.7. The minimum absolute atomic E-state index is 0.0175. The Balaban J connectivity index is 0.00000198. The molecule has 216 valence electrons. The highest BCUT2D eigenvalue weighted by Gasteiger charge is 2.24. The van der Waals surface area contributed by atoms with Crippen LogP contribution in [0.4, 0.5) is 5.82 Å². The van der Waals surface area contributed by atoms with Gasteiger partial charge in [-0.1, -0.05) is 50.0 Å². The van der Waals surface area contributed by atoms with Crippen molar-refractivity contribution in [2.24, 2.45) is 0 Å². The third-order valence-corrected chi connectivity index (χ3v) is 6.68. The number of sulfonamides is 1. The molecule has 4 N–H and O–H groups in total. The lowest BCUT2D eigenvalue weighted by molar-refractivity contribution is 0.0939. The van der Waals surface area contributed by atoms with Gasteiger partial charge in [-0.2, -0.15) is 0 Å². The van der Waals surface area contributed by atoms with E-state index in [-0.39, 0.29) is 29.1 Å². The molecule has 3 aromatic heterocycles. The first-order chi connectivity index (χ1) is 20.1. The normalized spacial score (nSPS) is 11.7. The Kier molecular flexibility index (Phi) is 8.99. The zero-order valence-electron chi connectivity index (χ0n) is 23.5. The molecule has 3 heterocycles. The summed E-state index contributed by atoms with van der Waals surface area (Å²) < 4.78 is 28.0. The number of nitrogens with two attached hydrogens (primary N) is 1. The number of aromatic nitrogens is 5. The average molecular weight is 587 g/mol. The van der Waals surface area contributed by atoms with Crippen molar-refractivity contribution in [3.63, 3.8) is 0 Å². The van der Waals surface area contributed by atoms with E-state index in [4.69, 9.17) is 10.7 Å². The van der Waals surface area contributed by atoms with Crippen LogP contribution in [0.5, 0.6) is 0 Å². The number of carbonyl (C=O) groups excluding carboxylic acids is 1. The number of amides is 1. The lowest BCUT2D eigenvalue weighted by Crippen LogP contribution is -2.34. The van der Waals surface area contributed by atoms with E-state index in [2.05, 4.69) is 31.8 Å². The van der Waals surface area contributed by atoms with Gasteiger partial charge in [-0.25, -0.2) is 28.1 Å². The first kappa shape index (κ1) is 29.9. The Bertz CT molecular complexity index is 1990. The summed E-state index contributed by atoms with van der Waals surface area (Å²) >= 11 is 0. The molecule has 12 nitrogen and oxygen atoms in total. The third kappa shape index (κ3) is 6.30. The number of hydrogen-bond donors (Lipinski definition) is 3. The highest BCUT2D eigenvalue weighted by molar-refractivity contribution is 7.88. The van der Waals surface area contributed by atoms with Crippen molar-refractivity contribution in [1.29, 1.82) is 0 Å². The quantitative estimate of drug-likeness (QED) is 0.255. The molecular formula is C29H30N8O4S. The largest absolute Gasteiger partial charge is 0.383 e. The summed E-state index contributed by atoms with van der Waals surface area (Å²) in [6, 6.07) is 13.2. The molecule has 1 atom stereocenters. The van der Waals surface area contributed by atoms with Gasteiger partial charge in [0.2, 0.25) is 10.0 Å². The zero-order chi connectivity index (χ0) is 30.4. The fourth-order valence-corrected chi connectivity index (χ4v) is 4.56. The summed E-state index contributed by atoms with van der Waals surface area (Å²) in [5, 5.41) is 3.14. The summed E-state index contributed by atoms with van der Waals surface area (Å²) in [6.07, 6.45) is 5.69. The molecular weight excluding hydrogens is 556 g/mol. The van der Waals surface area contributed by atoms with Crippen LogP contribution < -0.4 is 21.3 Å². The van der Waals surface area contributed by atoms with Gasteiger partial charge in [-0.15, -0.1) is 0 Å². The fraction of sp³-hybridized carbons (Fsp3) is 0.207. The van der Waals surface area contributed by atoms with E-state index in [1.54, 1.807) is 60.0 Å². The van der Waals surface area contributed by atoms with Crippen LogP contribution >= 0.6 is 0 Å². The molecule has 0 aliphatic carbocycles. The van der Waals surface area contributed by atoms with Gasteiger partial charge in [0.25, 0.3) is 11.5 Å². The second-order valence-electron chi connectivity index (χ2n) is 8.90. The average Bonchev–Trinajstić information content (AvgIpc) is 3.44. The monoisotopic (exact) mass is 586 g/mol. The molecule has 0 radical (unpaired) electrons. The molecule has 5 aromatic rings. The maximum absolute atomic E-state index is 14.0. The van der Waals surface area contributed by atoms with Crippen molar-refractivity contribution >= 4 is 38.3 Å². The molecule has 0 bridgehead atoms. The molecule has 0 fully saturated rings. The number of rotatable bonds is 6. The van der Waals surface area contributed by atoms with Crippen molar-refractivity contribution < 1.29 is 13.2 Å². The number of benzene rings is 2. The molecule has 42 heavy (non-hydrogen) atoms. The summed E-state index contributed by atoms with van der Waals surface area (Å²) in [6.45, 7) is 5.60. The van der Waals surface area contributed by atoms with E-state index in [0.29, 0.717) is 22.4 Å². The van der Waals surface area contributed by atoms with E-state index in [1.165, 1.54) is 17.1 Å². The van der Waals surface area contributed by atoms with Crippen LogP contribution in [0.25, 0.3) is 22.2 Å². The highest BCUT2D eigenvalue weighted by atomic mass is 32.2. The summed E-state index contributed by atoms with van der Waals surface area (Å²) in [5.74, 6) is 5.38. The van der Waals surface area contributed by atoms with Gasteiger partial charge in [-0.05, 0) is 31.2 Å². The van der Waals surface area contributed by atoms with Gasteiger partial charge in [0, 0.05) is 18.0 Å².